The first kappa shape index (κ1) is 11.7. The number of aryl methyl sites for hydroxylation is 1. The molecule has 0 saturated carbocycles. The lowest BCUT2D eigenvalue weighted by molar-refractivity contribution is 0.546. The normalized spacial score (nSPS) is 12.6. The fraction of sp³-hybridized carbons (Fsp3) is 0.333. The summed E-state index contributed by atoms with van der Waals surface area (Å²) in [7, 11) is 1.90. The van der Waals surface area contributed by atoms with E-state index in [1.165, 1.54) is 12.1 Å². The van der Waals surface area contributed by atoms with Crippen molar-refractivity contribution in [3.63, 3.8) is 0 Å². The van der Waals surface area contributed by atoms with Gasteiger partial charge in [-0.25, -0.2) is 4.39 Å². The number of nitrogens with zero attached hydrogens (tertiary/aromatic N) is 3. The molecule has 0 amide bonds. The number of nitrogens with one attached hydrogen (secondary N) is 1. The Labute approximate surface area is 99.5 Å². The van der Waals surface area contributed by atoms with Crippen LogP contribution in [0.25, 0.3) is 0 Å². The summed E-state index contributed by atoms with van der Waals surface area (Å²) in [4.78, 5) is 0. The average molecular weight is 234 g/mol. The third kappa shape index (κ3) is 2.88. The Morgan fingerprint density at radius 1 is 1.35 bits per heavy atom. The van der Waals surface area contributed by atoms with E-state index in [4.69, 9.17) is 0 Å². The van der Waals surface area contributed by atoms with Gasteiger partial charge >= 0.3 is 0 Å². The molecule has 1 atom stereocenters. The molecule has 1 N–H and O–H groups in total. The van der Waals surface area contributed by atoms with Crippen LogP contribution < -0.4 is 5.32 Å². The largest absolute Gasteiger partial charge is 0.320 e. The van der Waals surface area contributed by atoms with E-state index in [0.717, 1.165) is 11.4 Å². The Morgan fingerprint density at radius 2 is 2.06 bits per heavy atom. The van der Waals surface area contributed by atoms with Crippen molar-refractivity contribution in [1.29, 1.82) is 0 Å². The third-order valence-corrected chi connectivity index (χ3v) is 2.74. The molecule has 4 nitrogen and oxygen atoms in total. The van der Waals surface area contributed by atoms with Crippen molar-refractivity contribution in [2.75, 3.05) is 0 Å². The van der Waals surface area contributed by atoms with Crippen molar-refractivity contribution in [3.05, 3.63) is 47.8 Å². The summed E-state index contributed by atoms with van der Waals surface area (Å²) in [6.07, 6.45) is 1.67. The quantitative estimate of drug-likeness (QED) is 0.877. The lowest BCUT2D eigenvalue weighted by Crippen LogP contribution is -2.20. The van der Waals surface area contributed by atoms with Crippen molar-refractivity contribution < 1.29 is 4.39 Å². The van der Waals surface area contributed by atoms with Gasteiger partial charge in [-0.1, -0.05) is 12.1 Å². The smallest absolute Gasteiger partial charge is 0.146 e. The van der Waals surface area contributed by atoms with E-state index in [1.807, 2.05) is 18.5 Å². The van der Waals surface area contributed by atoms with Gasteiger partial charge in [-0.05, 0) is 24.6 Å². The van der Waals surface area contributed by atoms with E-state index >= 15 is 0 Å². The van der Waals surface area contributed by atoms with Gasteiger partial charge in [-0.15, -0.1) is 10.2 Å². The summed E-state index contributed by atoms with van der Waals surface area (Å²) >= 11 is 0. The molecule has 0 unspecified atom stereocenters. The van der Waals surface area contributed by atoms with Crippen molar-refractivity contribution >= 4 is 0 Å². The van der Waals surface area contributed by atoms with Crippen LogP contribution >= 0.6 is 0 Å². The molecule has 0 saturated heterocycles. The Kier molecular flexibility index (Phi) is 3.49. The SMILES string of the molecule is C[C@@H](NCc1nncn1C)c1ccc(F)cc1. The first-order valence-electron chi connectivity index (χ1n) is 5.48. The molecule has 17 heavy (non-hydrogen) atoms. The zero-order chi connectivity index (χ0) is 12.3. The molecule has 5 heteroatoms. The van der Waals surface area contributed by atoms with E-state index in [2.05, 4.69) is 15.5 Å². The third-order valence-electron chi connectivity index (χ3n) is 2.74. The van der Waals surface area contributed by atoms with Crippen LogP contribution in [-0.2, 0) is 13.6 Å². The van der Waals surface area contributed by atoms with Crippen LogP contribution in [-0.4, -0.2) is 14.8 Å². The topological polar surface area (TPSA) is 42.7 Å². The van der Waals surface area contributed by atoms with Crippen LogP contribution in [0.5, 0.6) is 0 Å². The molecule has 2 rings (SSSR count). The van der Waals surface area contributed by atoms with Gasteiger partial charge < -0.3 is 9.88 Å². The minimum absolute atomic E-state index is 0.146. The van der Waals surface area contributed by atoms with Crippen LogP contribution in [0.4, 0.5) is 4.39 Å². The van der Waals surface area contributed by atoms with Gasteiger partial charge in [-0.3, -0.25) is 0 Å². The van der Waals surface area contributed by atoms with Crippen molar-refractivity contribution in [1.82, 2.24) is 20.1 Å². The van der Waals surface area contributed by atoms with Crippen molar-refractivity contribution in [2.24, 2.45) is 7.05 Å². The predicted octanol–water partition coefficient (Wildman–Crippen LogP) is 1.80. The molecular weight excluding hydrogens is 219 g/mol. The van der Waals surface area contributed by atoms with Crippen LogP contribution in [0.1, 0.15) is 24.4 Å². The summed E-state index contributed by atoms with van der Waals surface area (Å²) in [5, 5.41) is 11.1. The molecule has 0 aliphatic rings. The number of hydrogen-bond donors (Lipinski definition) is 1. The molecule has 0 aliphatic carbocycles. The zero-order valence-electron chi connectivity index (χ0n) is 9.89. The van der Waals surface area contributed by atoms with Crippen LogP contribution in [0.15, 0.2) is 30.6 Å². The number of rotatable bonds is 4. The maximum atomic E-state index is 12.8. The average Bonchev–Trinajstić information content (AvgIpc) is 2.73. The molecule has 0 radical (unpaired) electrons. The van der Waals surface area contributed by atoms with Crippen LogP contribution in [0.3, 0.4) is 0 Å². The minimum atomic E-state index is -0.214. The summed E-state index contributed by atoms with van der Waals surface area (Å²) in [5.74, 6) is 0.660. The van der Waals surface area contributed by atoms with Crippen molar-refractivity contribution in [3.8, 4) is 0 Å². The molecule has 1 aromatic carbocycles. The minimum Gasteiger partial charge on any atom is -0.320 e. The Morgan fingerprint density at radius 3 is 2.65 bits per heavy atom. The second kappa shape index (κ2) is 5.05. The number of halogens is 1. The molecule has 0 fully saturated rings. The van der Waals surface area contributed by atoms with E-state index < -0.39 is 0 Å². The number of aromatic nitrogens is 3. The summed E-state index contributed by atoms with van der Waals surface area (Å²) < 4.78 is 14.6. The highest BCUT2D eigenvalue weighted by Gasteiger charge is 2.07. The maximum Gasteiger partial charge on any atom is 0.146 e. The van der Waals surface area contributed by atoms with Gasteiger partial charge in [0.1, 0.15) is 18.0 Å². The Hall–Kier alpha value is -1.75. The molecule has 90 valence electrons. The molecule has 0 bridgehead atoms. The fourth-order valence-corrected chi connectivity index (χ4v) is 1.58. The lowest BCUT2D eigenvalue weighted by atomic mass is 10.1. The first-order valence-corrected chi connectivity index (χ1v) is 5.48. The van der Waals surface area contributed by atoms with E-state index in [-0.39, 0.29) is 11.9 Å². The van der Waals surface area contributed by atoms with Gasteiger partial charge in [0.2, 0.25) is 0 Å². The molecular formula is C12H15FN4. The molecule has 1 heterocycles. The van der Waals surface area contributed by atoms with Gasteiger partial charge in [0.05, 0.1) is 6.54 Å². The highest BCUT2D eigenvalue weighted by atomic mass is 19.1. The summed E-state index contributed by atoms with van der Waals surface area (Å²) in [6, 6.07) is 6.64. The highest BCUT2D eigenvalue weighted by Crippen LogP contribution is 2.13. The Balaban J connectivity index is 1.95. The van der Waals surface area contributed by atoms with Crippen molar-refractivity contribution in [2.45, 2.75) is 19.5 Å². The standard InChI is InChI=1S/C12H15FN4/c1-9(10-3-5-11(13)6-4-10)14-7-12-16-15-8-17(12)2/h3-6,8-9,14H,7H2,1-2H3/t9-/m1/s1. The summed E-state index contributed by atoms with van der Waals surface area (Å²) in [5.41, 5.74) is 1.05. The van der Waals surface area contributed by atoms with Crippen LogP contribution in [0.2, 0.25) is 0 Å². The molecule has 2 aromatic rings. The van der Waals surface area contributed by atoms with E-state index in [9.17, 15) is 4.39 Å². The van der Waals surface area contributed by atoms with Crippen LogP contribution in [0, 0.1) is 5.82 Å². The molecule has 1 aromatic heterocycles. The maximum absolute atomic E-state index is 12.8. The zero-order valence-corrected chi connectivity index (χ0v) is 9.89. The molecule has 0 spiro atoms. The second-order valence-corrected chi connectivity index (χ2v) is 4.01. The first-order chi connectivity index (χ1) is 8.16. The van der Waals surface area contributed by atoms with Gasteiger partial charge in [0.15, 0.2) is 0 Å². The monoisotopic (exact) mass is 234 g/mol. The Bertz CT molecular complexity index is 478. The van der Waals surface area contributed by atoms with Gasteiger partial charge in [0, 0.05) is 13.1 Å². The summed E-state index contributed by atoms with van der Waals surface area (Å²) in [6.45, 7) is 2.67. The lowest BCUT2D eigenvalue weighted by Gasteiger charge is -2.13. The molecule has 0 aliphatic heterocycles. The predicted molar refractivity (Wildman–Crippen MR) is 62.7 cm³/mol. The number of hydrogen-bond acceptors (Lipinski definition) is 3. The van der Waals surface area contributed by atoms with E-state index in [1.54, 1.807) is 18.5 Å². The fourth-order valence-electron chi connectivity index (χ4n) is 1.58. The van der Waals surface area contributed by atoms with E-state index in [0.29, 0.717) is 6.54 Å². The highest BCUT2D eigenvalue weighted by molar-refractivity contribution is 5.19. The number of benzene rings is 1. The van der Waals surface area contributed by atoms with Gasteiger partial charge in [-0.2, -0.15) is 0 Å². The van der Waals surface area contributed by atoms with Gasteiger partial charge in [0.25, 0.3) is 0 Å². The second-order valence-electron chi connectivity index (χ2n) is 4.01.